The molecule has 1 saturated heterocycles. The van der Waals surface area contributed by atoms with Crippen molar-refractivity contribution in [2.45, 2.75) is 19.4 Å². The predicted octanol–water partition coefficient (Wildman–Crippen LogP) is 1.64. The number of hydrogen-bond donors (Lipinski definition) is 0. The molecule has 0 aromatic carbocycles. The van der Waals surface area contributed by atoms with Crippen LogP contribution in [0, 0.1) is 0 Å². The number of nitrogens with zero attached hydrogens (tertiary/aromatic N) is 5. The number of rotatable bonds is 3. The fraction of sp³-hybridized carbons (Fsp3) is 0.500. The van der Waals surface area contributed by atoms with E-state index < -0.39 is 0 Å². The molecule has 2 aromatic heterocycles. The number of carbonyl (C=O) groups excluding carboxylic acids is 1. The van der Waals surface area contributed by atoms with E-state index in [1.807, 2.05) is 34.2 Å². The van der Waals surface area contributed by atoms with Gasteiger partial charge in [0, 0.05) is 50.1 Å². The molecule has 0 N–H and O–H groups in total. The standard InChI is InChI=1S/C14H19N5OS/c1-12(19-7-3-15-11-19)13(20)17-5-2-6-18(9-8-17)14-16-4-10-21-14/h3-4,7,10-12H,2,5-6,8-9H2,1H3/t12-/m1/s1. The van der Waals surface area contributed by atoms with E-state index in [1.54, 1.807) is 23.9 Å². The van der Waals surface area contributed by atoms with Crippen molar-refractivity contribution in [3.8, 4) is 0 Å². The van der Waals surface area contributed by atoms with Crippen LogP contribution in [0.3, 0.4) is 0 Å². The monoisotopic (exact) mass is 305 g/mol. The van der Waals surface area contributed by atoms with Gasteiger partial charge in [-0.05, 0) is 13.3 Å². The number of aromatic nitrogens is 3. The van der Waals surface area contributed by atoms with Gasteiger partial charge in [-0.15, -0.1) is 11.3 Å². The molecule has 1 amide bonds. The molecule has 21 heavy (non-hydrogen) atoms. The van der Waals surface area contributed by atoms with Crippen LogP contribution < -0.4 is 4.90 Å². The highest BCUT2D eigenvalue weighted by molar-refractivity contribution is 7.13. The fourth-order valence-corrected chi connectivity index (χ4v) is 3.29. The average Bonchev–Trinajstić information content (AvgIpc) is 3.16. The molecule has 0 unspecified atom stereocenters. The summed E-state index contributed by atoms with van der Waals surface area (Å²) >= 11 is 1.65. The summed E-state index contributed by atoms with van der Waals surface area (Å²) in [7, 11) is 0. The lowest BCUT2D eigenvalue weighted by molar-refractivity contribution is -0.134. The Hall–Kier alpha value is -1.89. The SMILES string of the molecule is C[C@H](C(=O)N1CCCN(c2nccs2)CC1)n1ccnc1. The maximum Gasteiger partial charge on any atom is 0.245 e. The second-order valence-corrected chi connectivity index (χ2v) is 6.04. The molecular formula is C14H19N5OS. The van der Waals surface area contributed by atoms with E-state index in [-0.39, 0.29) is 11.9 Å². The molecule has 0 radical (unpaired) electrons. The van der Waals surface area contributed by atoms with E-state index in [0.717, 1.165) is 37.7 Å². The van der Waals surface area contributed by atoms with E-state index in [9.17, 15) is 4.79 Å². The summed E-state index contributed by atoms with van der Waals surface area (Å²) < 4.78 is 1.85. The Balaban J connectivity index is 1.63. The normalized spacial score (nSPS) is 17.6. The van der Waals surface area contributed by atoms with Crippen LogP contribution in [0.25, 0.3) is 0 Å². The predicted molar refractivity (Wildman–Crippen MR) is 82.5 cm³/mol. The van der Waals surface area contributed by atoms with Gasteiger partial charge in [0.25, 0.3) is 0 Å². The van der Waals surface area contributed by atoms with E-state index in [0.29, 0.717) is 0 Å². The zero-order valence-electron chi connectivity index (χ0n) is 12.1. The minimum Gasteiger partial charge on any atom is -0.346 e. The molecule has 112 valence electrons. The maximum atomic E-state index is 12.6. The first-order valence-corrected chi connectivity index (χ1v) is 8.04. The first-order valence-electron chi connectivity index (χ1n) is 7.16. The highest BCUT2D eigenvalue weighted by Crippen LogP contribution is 2.20. The summed E-state index contributed by atoms with van der Waals surface area (Å²) in [5, 5.41) is 3.04. The number of amides is 1. The number of thiazole rings is 1. The topological polar surface area (TPSA) is 54.3 Å². The van der Waals surface area contributed by atoms with Crippen LogP contribution in [0.5, 0.6) is 0 Å². The Bertz CT molecular complexity index is 568. The molecule has 6 nitrogen and oxygen atoms in total. The lowest BCUT2D eigenvalue weighted by Crippen LogP contribution is -2.38. The summed E-state index contributed by atoms with van der Waals surface area (Å²) in [6.07, 6.45) is 8.04. The smallest absolute Gasteiger partial charge is 0.245 e. The molecular weight excluding hydrogens is 286 g/mol. The molecule has 3 heterocycles. The number of carbonyl (C=O) groups is 1. The van der Waals surface area contributed by atoms with Crippen molar-refractivity contribution >= 4 is 22.4 Å². The van der Waals surface area contributed by atoms with Crippen molar-refractivity contribution in [2.24, 2.45) is 0 Å². The molecule has 2 aromatic rings. The summed E-state index contributed by atoms with van der Waals surface area (Å²) in [5.74, 6) is 0.161. The minimum atomic E-state index is -0.195. The third-order valence-corrected chi connectivity index (χ3v) is 4.66. The first kappa shape index (κ1) is 14.1. The minimum absolute atomic E-state index is 0.161. The van der Waals surface area contributed by atoms with Crippen LogP contribution in [-0.2, 0) is 4.79 Å². The highest BCUT2D eigenvalue weighted by atomic mass is 32.1. The Morgan fingerprint density at radius 1 is 1.29 bits per heavy atom. The quantitative estimate of drug-likeness (QED) is 0.865. The third-order valence-electron chi connectivity index (χ3n) is 3.83. The van der Waals surface area contributed by atoms with Gasteiger partial charge in [-0.2, -0.15) is 0 Å². The van der Waals surface area contributed by atoms with E-state index in [1.165, 1.54) is 0 Å². The molecule has 1 atom stereocenters. The number of hydrogen-bond acceptors (Lipinski definition) is 5. The maximum absolute atomic E-state index is 12.6. The van der Waals surface area contributed by atoms with Crippen molar-refractivity contribution in [2.75, 3.05) is 31.1 Å². The van der Waals surface area contributed by atoms with Gasteiger partial charge in [-0.3, -0.25) is 4.79 Å². The Kier molecular flexibility index (Phi) is 4.19. The van der Waals surface area contributed by atoms with Gasteiger partial charge >= 0.3 is 0 Å². The molecule has 1 fully saturated rings. The third kappa shape index (κ3) is 3.07. The van der Waals surface area contributed by atoms with Gasteiger partial charge in [-0.1, -0.05) is 0 Å². The second kappa shape index (κ2) is 6.26. The van der Waals surface area contributed by atoms with E-state index in [4.69, 9.17) is 0 Å². The summed E-state index contributed by atoms with van der Waals surface area (Å²) in [5.41, 5.74) is 0. The Morgan fingerprint density at radius 2 is 2.19 bits per heavy atom. The van der Waals surface area contributed by atoms with Crippen molar-refractivity contribution in [3.05, 3.63) is 30.3 Å². The zero-order valence-corrected chi connectivity index (χ0v) is 12.9. The van der Waals surface area contributed by atoms with Crippen LogP contribution in [0.15, 0.2) is 30.3 Å². The lowest BCUT2D eigenvalue weighted by Gasteiger charge is -2.25. The lowest BCUT2D eigenvalue weighted by atomic mass is 10.2. The van der Waals surface area contributed by atoms with Gasteiger partial charge in [0.2, 0.25) is 5.91 Å². The number of anilines is 1. The van der Waals surface area contributed by atoms with E-state index in [2.05, 4.69) is 14.9 Å². The first-order chi connectivity index (χ1) is 10.3. The largest absolute Gasteiger partial charge is 0.346 e. The zero-order chi connectivity index (χ0) is 14.7. The molecule has 1 aliphatic heterocycles. The Morgan fingerprint density at radius 3 is 2.90 bits per heavy atom. The van der Waals surface area contributed by atoms with Crippen LogP contribution in [-0.4, -0.2) is 51.5 Å². The summed E-state index contributed by atoms with van der Waals surface area (Å²) in [4.78, 5) is 25.2. The van der Waals surface area contributed by atoms with Crippen molar-refractivity contribution in [1.29, 1.82) is 0 Å². The Labute approximate surface area is 128 Å². The highest BCUT2D eigenvalue weighted by Gasteiger charge is 2.24. The van der Waals surface area contributed by atoms with Gasteiger partial charge in [0.1, 0.15) is 6.04 Å². The van der Waals surface area contributed by atoms with Crippen molar-refractivity contribution in [3.63, 3.8) is 0 Å². The van der Waals surface area contributed by atoms with Crippen LogP contribution in [0.1, 0.15) is 19.4 Å². The van der Waals surface area contributed by atoms with Gasteiger partial charge < -0.3 is 14.4 Å². The van der Waals surface area contributed by atoms with Gasteiger partial charge in [-0.25, -0.2) is 9.97 Å². The van der Waals surface area contributed by atoms with Crippen LogP contribution >= 0.6 is 11.3 Å². The van der Waals surface area contributed by atoms with E-state index >= 15 is 0 Å². The molecule has 1 aliphatic rings. The fourth-order valence-electron chi connectivity index (χ4n) is 2.59. The van der Waals surface area contributed by atoms with Crippen molar-refractivity contribution < 1.29 is 4.79 Å². The molecule has 3 rings (SSSR count). The second-order valence-electron chi connectivity index (χ2n) is 5.17. The summed E-state index contributed by atoms with van der Waals surface area (Å²) in [6.45, 7) is 5.28. The molecule has 0 spiro atoms. The molecule has 0 bridgehead atoms. The summed E-state index contributed by atoms with van der Waals surface area (Å²) in [6, 6.07) is -0.195. The molecule has 0 aliphatic carbocycles. The van der Waals surface area contributed by atoms with Crippen molar-refractivity contribution in [1.82, 2.24) is 19.4 Å². The average molecular weight is 305 g/mol. The number of imidazole rings is 1. The molecule has 0 saturated carbocycles. The van der Waals surface area contributed by atoms with Crippen LogP contribution in [0.4, 0.5) is 5.13 Å². The van der Waals surface area contributed by atoms with Crippen LogP contribution in [0.2, 0.25) is 0 Å². The van der Waals surface area contributed by atoms with Gasteiger partial charge in [0.05, 0.1) is 6.33 Å². The molecule has 7 heteroatoms. The van der Waals surface area contributed by atoms with Gasteiger partial charge in [0.15, 0.2) is 5.13 Å².